The second-order valence-electron chi connectivity index (χ2n) is 5.19. The molecule has 1 aromatic carbocycles. The fourth-order valence-electron chi connectivity index (χ4n) is 2.64. The average molecular weight is 372 g/mol. The first-order valence-corrected chi connectivity index (χ1v) is 8.58. The van der Waals surface area contributed by atoms with E-state index in [0.717, 1.165) is 11.3 Å². The molecule has 1 atom stereocenters. The van der Waals surface area contributed by atoms with E-state index in [1.165, 1.54) is 0 Å². The van der Waals surface area contributed by atoms with Crippen molar-refractivity contribution in [3.05, 3.63) is 45.1 Å². The Bertz CT molecular complexity index is 671. The van der Waals surface area contributed by atoms with Crippen LogP contribution in [0, 0.1) is 0 Å². The predicted octanol–water partition coefficient (Wildman–Crippen LogP) is 3.65. The molecule has 0 aromatic heterocycles. The number of hydrogen-bond acceptors (Lipinski definition) is 2. The lowest BCUT2D eigenvalue weighted by Crippen LogP contribution is -2.47. The Morgan fingerprint density at radius 3 is 2.57 bits per heavy atom. The van der Waals surface area contributed by atoms with Gasteiger partial charge in [0.25, 0.3) is 5.91 Å². The van der Waals surface area contributed by atoms with Crippen LogP contribution < -0.4 is 10.6 Å². The van der Waals surface area contributed by atoms with Crippen LogP contribution in [0.1, 0.15) is 32.4 Å². The molecule has 0 aliphatic carbocycles. The fourth-order valence-corrected chi connectivity index (χ4v) is 3.32. The summed E-state index contributed by atoms with van der Waals surface area (Å²) in [5, 5.41) is 7.49. The highest BCUT2D eigenvalue weighted by Crippen LogP contribution is 2.35. The van der Waals surface area contributed by atoms with Crippen molar-refractivity contribution >= 4 is 46.4 Å². The van der Waals surface area contributed by atoms with E-state index in [2.05, 4.69) is 10.6 Å². The van der Waals surface area contributed by atoms with Crippen LogP contribution in [0.5, 0.6) is 0 Å². The number of allylic oxidation sites excluding steroid dienone is 1. The first-order valence-electron chi connectivity index (χ1n) is 7.42. The summed E-state index contributed by atoms with van der Waals surface area (Å²) in [5.74, 6) is -0.0453. The molecule has 1 aliphatic heterocycles. The van der Waals surface area contributed by atoms with Crippen molar-refractivity contribution in [2.75, 3.05) is 13.1 Å². The molecule has 2 rings (SSSR count). The molecular formula is C16H19Cl2N3OS. The molecule has 0 saturated carbocycles. The van der Waals surface area contributed by atoms with Crippen molar-refractivity contribution in [3.63, 3.8) is 0 Å². The van der Waals surface area contributed by atoms with Gasteiger partial charge in [-0.2, -0.15) is 0 Å². The van der Waals surface area contributed by atoms with Crippen LogP contribution in [-0.2, 0) is 4.79 Å². The number of nitrogens with zero attached hydrogens (tertiary/aromatic N) is 1. The van der Waals surface area contributed by atoms with Crippen LogP contribution in [-0.4, -0.2) is 29.0 Å². The minimum Gasteiger partial charge on any atom is -0.351 e. The Balaban J connectivity index is 2.55. The number of amides is 1. The average Bonchev–Trinajstić information content (AvgIpc) is 2.50. The first-order chi connectivity index (χ1) is 10.9. The third-order valence-electron chi connectivity index (χ3n) is 3.84. The molecule has 7 heteroatoms. The van der Waals surface area contributed by atoms with Gasteiger partial charge in [0.1, 0.15) is 0 Å². The van der Waals surface area contributed by atoms with Crippen molar-refractivity contribution in [2.24, 2.45) is 0 Å². The van der Waals surface area contributed by atoms with Crippen LogP contribution in [0.3, 0.4) is 0 Å². The minimum atomic E-state index is -0.428. The molecular weight excluding hydrogens is 353 g/mol. The second-order valence-corrected chi connectivity index (χ2v) is 6.38. The van der Waals surface area contributed by atoms with Gasteiger partial charge in [0.15, 0.2) is 5.11 Å². The van der Waals surface area contributed by atoms with Crippen molar-refractivity contribution in [1.29, 1.82) is 0 Å². The monoisotopic (exact) mass is 371 g/mol. The Kier molecular flexibility index (Phi) is 5.89. The lowest BCUT2D eigenvalue weighted by atomic mass is 9.94. The Hall–Kier alpha value is -1.30. The van der Waals surface area contributed by atoms with E-state index in [0.29, 0.717) is 33.8 Å². The summed E-state index contributed by atoms with van der Waals surface area (Å²) in [5.41, 5.74) is 2.07. The fraction of sp³-hybridized carbons (Fsp3) is 0.375. The molecule has 124 valence electrons. The van der Waals surface area contributed by atoms with Crippen LogP contribution in [0.25, 0.3) is 0 Å². The molecule has 0 saturated heterocycles. The standard InChI is InChI=1S/C16H19Cl2N3OS/c1-4-21(5-2)15(22)12-9(3)19-16(23)20-14(12)10-7-6-8-11(17)13(10)18/h6-8,14H,4-5H2,1-3H3,(H2,19,20,23)/t14-/m0/s1. The molecule has 0 unspecified atom stereocenters. The molecule has 0 spiro atoms. The zero-order valence-electron chi connectivity index (χ0n) is 13.2. The summed E-state index contributed by atoms with van der Waals surface area (Å²) in [4.78, 5) is 14.7. The highest BCUT2D eigenvalue weighted by Gasteiger charge is 2.33. The summed E-state index contributed by atoms with van der Waals surface area (Å²) in [6.45, 7) is 7.01. The Morgan fingerprint density at radius 1 is 1.30 bits per heavy atom. The lowest BCUT2D eigenvalue weighted by molar-refractivity contribution is -0.127. The molecule has 0 fully saturated rings. The lowest BCUT2D eigenvalue weighted by Gasteiger charge is -2.33. The molecule has 0 radical (unpaired) electrons. The maximum Gasteiger partial charge on any atom is 0.253 e. The quantitative estimate of drug-likeness (QED) is 0.792. The topological polar surface area (TPSA) is 44.4 Å². The number of halogens is 2. The third-order valence-corrected chi connectivity index (χ3v) is 4.90. The SMILES string of the molecule is CCN(CC)C(=O)C1=C(C)NC(=S)N[C@H]1c1cccc(Cl)c1Cl. The molecule has 1 aromatic rings. The van der Waals surface area contributed by atoms with Crippen LogP contribution in [0.15, 0.2) is 29.5 Å². The van der Waals surface area contributed by atoms with Gasteiger partial charge in [-0.15, -0.1) is 0 Å². The van der Waals surface area contributed by atoms with E-state index in [-0.39, 0.29) is 5.91 Å². The number of carbonyl (C=O) groups excluding carboxylic acids is 1. The van der Waals surface area contributed by atoms with E-state index >= 15 is 0 Å². The Labute approximate surface area is 151 Å². The first kappa shape index (κ1) is 18.0. The summed E-state index contributed by atoms with van der Waals surface area (Å²) in [7, 11) is 0. The maximum absolute atomic E-state index is 12.9. The number of hydrogen-bond donors (Lipinski definition) is 2. The molecule has 0 bridgehead atoms. The van der Waals surface area contributed by atoms with Crippen molar-refractivity contribution in [3.8, 4) is 0 Å². The maximum atomic E-state index is 12.9. The third kappa shape index (κ3) is 3.62. The smallest absolute Gasteiger partial charge is 0.253 e. The molecule has 23 heavy (non-hydrogen) atoms. The minimum absolute atomic E-state index is 0.0453. The summed E-state index contributed by atoms with van der Waals surface area (Å²) in [6, 6.07) is 4.95. The van der Waals surface area contributed by atoms with Crippen molar-refractivity contribution < 1.29 is 4.79 Å². The zero-order chi connectivity index (χ0) is 17.1. The summed E-state index contributed by atoms with van der Waals surface area (Å²) < 4.78 is 0. The second kappa shape index (κ2) is 7.51. The van der Waals surface area contributed by atoms with Gasteiger partial charge >= 0.3 is 0 Å². The molecule has 1 amide bonds. The largest absolute Gasteiger partial charge is 0.351 e. The van der Waals surface area contributed by atoms with Crippen LogP contribution in [0.4, 0.5) is 0 Å². The van der Waals surface area contributed by atoms with Gasteiger partial charge in [0, 0.05) is 18.8 Å². The number of likely N-dealkylation sites (N-methyl/N-ethyl adjacent to an activating group) is 1. The van der Waals surface area contributed by atoms with E-state index in [9.17, 15) is 4.79 Å². The number of nitrogens with one attached hydrogen (secondary N) is 2. The number of carbonyl (C=O) groups is 1. The van der Waals surface area contributed by atoms with Crippen LogP contribution in [0.2, 0.25) is 10.0 Å². The van der Waals surface area contributed by atoms with Gasteiger partial charge in [-0.05, 0) is 44.6 Å². The van der Waals surface area contributed by atoms with Gasteiger partial charge in [-0.1, -0.05) is 35.3 Å². The molecule has 2 N–H and O–H groups in total. The van der Waals surface area contributed by atoms with E-state index in [4.69, 9.17) is 35.4 Å². The predicted molar refractivity (Wildman–Crippen MR) is 98.7 cm³/mol. The summed E-state index contributed by atoms with van der Waals surface area (Å²) >= 11 is 17.7. The van der Waals surface area contributed by atoms with Gasteiger partial charge in [-0.3, -0.25) is 4.79 Å². The van der Waals surface area contributed by atoms with Gasteiger partial charge in [-0.25, -0.2) is 0 Å². The van der Waals surface area contributed by atoms with Crippen molar-refractivity contribution in [1.82, 2.24) is 15.5 Å². The highest BCUT2D eigenvalue weighted by molar-refractivity contribution is 7.80. The summed E-state index contributed by atoms with van der Waals surface area (Å²) in [6.07, 6.45) is 0. The van der Waals surface area contributed by atoms with Gasteiger partial charge < -0.3 is 15.5 Å². The van der Waals surface area contributed by atoms with E-state index in [1.807, 2.05) is 32.9 Å². The normalized spacial score (nSPS) is 17.6. The molecule has 1 aliphatic rings. The number of rotatable bonds is 4. The van der Waals surface area contributed by atoms with E-state index in [1.54, 1.807) is 11.0 Å². The highest BCUT2D eigenvalue weighted by atomic mass is 35.5. The number of thiocarbonyl (C=S) groups is 1. The van der Waals surface area contributed by atoms with Gasteiger partial charge in [0.05, 0.1) is 21.7 Å². The van der Waals surface area contributed by atoms with Gasteiger partial charge in [0.2, 0.25) is 0 Å². The number of benzene rings is 1. The zero-order valence-corrected chi connectivity index (χ0v) is 15.6. The molecule has 4 nitrogen and oxygen atoms in total. The molecule has 1 heterocycles. The Morgan fingerprint density at radius 2 is 1.96 bits per heavy atom. The van der Waals surface area contributed by atoms with Crippen LogP contribution >= 0.6 is 35.4 Å². The van der Waals surface area contributed by atoms with E-state index < -0.39 is 6.04 Å². The van der Waals surface area contributed by atoms with Crippen molar-refractivity contribution in [2.45, 2.75) is 26.8 Å².